The summed E-state index contributed by atoms with van der Waals surface area (Å²) >= 11 is 4.54. The van der Waals surface area contributed by atoms with Crippen LogP contribution in [0.3, 0.4) is 0 Å². The molecule has 0 spiro atoms. The summed E-state index contributed by atoms with van der Waals surface area (Å²) in [4.78, 5) is 18.7. The second-order valence-corrected chi connectivity index (χ2v) is 10.1. The quantitative estimate of drug-likeness (QED) is 0.406. The maximum Gasteiger partial charge on any atom is 0.280 e. The van der Waals surface area contributed by atoms with Crippen molar-refractivity contribution in [1.82, 2.24) is 14.3 Å². The first kappa shape index (κ1) is 21.4. The van der Waals surface area contributed by atoms with E-state index in [1.165, 1.54) is 28.8 Å². The zero-order valence-electron chi connectivity index (χ0n) is 16.3. The maximum atomic E-state index is 13.1. The summed E-state index contributed by atoms with van der Waals surface area (Å²) in [6, 6.07) is 16.1. The summed E-state index contributed by atoms with van der Waals surface area (Å²) in [5.41, 5.74) is 1.38. The van der Waals surface area contributed by atoms with Gasteiger partial charge in [0.25, 0.3) is 15.9 Å². The number of nitrogens with one attached hydrogen (secondary N) is 1. The van der Waals surface area contributed by atoms with Crippen LogP contribution in [0.15, 0.2) is 76.5 Å². The summed E-state index contributed by atoms with van der Waals surface area (Å²) in [5, 5.41) is 0.304. The van der Waals surface area contributed by atoms with Crippen molar-refractivity contribution in [2.45, 2.75) is 11.6 Å². The van der Waals surface area contributed by atoms with E-state index in [1.807, 2.05) is 30.3 Å². The smallest absolute Gasteiger partial charge is 0.280 e. The Labute approximate surface area is 192 Å². The highest BCUT2D eigenvalue weighted by molar-refractivity contribution is 9.10. The molecule has 31 heavy (non-hydrogen) atoms. The second kappa shape index (κ2) is 8.74. The number of rotatable bonds is 6. The van der Waals surface area contributed by atoms with Gasteiger partial charge in [-0.25, -0.2) is 4.98 Å². The Morgan fingerprint density at radius 3 is 2.71 bits per heavy atom. The number of carbonyl (C=O) groups is 1. The molecule has 0 radical (unpaired) electrons. The lowest BCUT2D eigenvalue weighted by atomic mass is 10.1. The van der Waals surface area contributed by atoms with Crippen LogP contribution in [0.1, 0.15) is 15.9 Å². The molecule has 0 bridgehead atoms. The van der Waals surface area contributed by atoms with E-state index in [1.54, 1.807) is 31.3 Å². The summed E-state index contributed by atoms with van der Waals surface area (Å²) in [6.07, 6.45) is 2.90. The lowest BCUT2D eigenvalue weighted by Gasteiger charge is -2.20. The molecule has 158 valence electrons. The van der Waals surface area contributed by atoms with Crippen molar-refractivity contribution in [3.8, 4) is 0 Å². The molecule has 1 N–H and O–H groups in total. The van der Waals surface area contributed by atoms with Gasteiger partial charge in [0.15, 0.2) is 5.03 Å². The van der Waals surface area contributed by atoms with E-state index >= 15 is 0 Å². The molecule has 0 atom stereocenters. The summed E-state index contributed by atoms with van der Waals surface area (Å²) < 4.78 is 34.2. The van der Waals surface area contributed by atoms with Gasteiger partial charge in [-0.1, -0.05) is 46.3 Å². The largest absolute Gasteiger partial charge is 0.337 e. The predicted octanol–water partition coefficient (Wildman–Crippen LogP) is 4.53. The van der Waals surface area contributed by atoms with Crippen LogP contribution in [0.2, 0.25) is 0 Å². The van der Waals surface area contributed by atoms with E-state index in [0.717, 1.165) is 5.56 Å². The van der Waals surface area contributed by atoms with Crippen LogP contribution in [0.5, 0.6) is 0 Å². The number of halogens is 1. The average Bonchev–Trinajstić information content (AvgIpc) is 3.22. The highest BCUT2D eigenvalue weighted by Gasteiger charge is 2.24. The topological polar surface area (TPSA) is 92.3 Å². The molecule has 4 rings (SSSR count). The zero-order valence-corrected chi connectivity index (χ0v) is 19.5. The fourth-order valence-corrected chi connectivity index (χ4v) is 5.37. The molecule has 0 aliphatic heterocycles. The second-order valence-electron chi connectivity index (χ2n) is 6.80. The average molecular weight is 517 g/mol. The fraction of sp³-hybridized carbons (Fsp3) is 0.0952. The van der Waals surface area contributed by atoms with E-state index in [2.05, 4.69) is 30.0 Å². The Hall–Kier alpha value is -2.82. The molecular weight excluding hydrogens is 500 g/mol. The number of carbonyl (C=O) groups excluding carboxylic acids is 1. The molecule has 0 aliphatic rings. The van der Waals surface area contributed by atoms with Crippen molar-refractivity contribution in [3.05, 3.63) is 82.6 Å². The Morgan fingerprint density at radius 2 is 1.94 bits per heavy atom. The van der Waals surface area contributed by atoms with Gasteiger partial charge >= 0.3 is 0 Å². The third-order valence-corrected chi connectivity index (χ3v) is 7.15. The third kappa shape index (κ3) is 4.60. The molecule has 0 saturated carbocycles. The minimum Gasteiger partial charge on any atom is -0.337 e. The van der Waals surface area contributed by atoms with Gasteiger partial charge in [-0.15, -0.1) is 0 Å². The van der Waals surface area contributed by atoms with Crippen LogP contribution in [0, 0.1) is 0 Å². The summed E-state index contributed by atoms with van der Waals surface area (Å²) in [5.74, 6) is -0.308. The Balaban J connectivity index is 1.67. The first-order chi connectivity index (χ1) is 14.8. The third-order valence-electron chi connectivity index (χ3n) is 4.57. The number of nitrogens with zero attached hydrogens (tertiary/aromatic N) is 3. The lowest BCUT2D eigenvalue weighted by molar-refractivity contribution is 0.0786. The maximum absolute atomic E-state index is 13.1. The molecule has 10 heteroatoms. The molecule has 2 aromatic carbocycles. The first-order valence-corrected chi connectivity index (χ1v) is 12.2. The summed E-state index contributed by atoms with van der Waals surface area (Å²) in [7, 11) is -2.38. The van der Waals surface area contributed by atoms with Gasteiger partial charge in [-0.3, -0.25) is 9.52 Å². The van der Waals surface area contributed by atoms with Gasteiger partial charge < -0.3 is 4.90 Å². The standard InChI is InChI=1S/C21H17BrN4O3S2/c1-26(13-14-5-3-2-4-6-14)21(27)16-8-7-15(22)11-18(16)25-31(28,29)20-17-12-24-30-19(17)9-10-23-20/h2-12,25H,13H2,1H3. The first-order valence-electron chi connectivity index (χ1n) is 9.16. The van der Waals surface area contributed by atoms with Crippen molar-refractivity contribution < 1.29 is 13.2 Å². The molecule has 0 fully saturated rings. The molecule has 0 saturated heterocycles. The van der Waals surface area contributed by atoms with Crippen LogP contribution < -0.4 is 4.72 Å². The number of fused-ring (bicyclic) bond motifs is 1. The monoisotopic (exact) mass is 516 g/mol. The molecule has 2 heterocycles. The van der Waals surface area contributed by atoms with Crippen LogP contribution in [0.4, 0.5) is 5.69 Å². The zero-order chi connectivity index (χ0) is 22.0. The number of hydrogen-bond acceptors (Lipinski definition) is 6. The van der Waals surface area contributed by atoms with E-state index in [-0.39, 0.29) is 22.2 Å². The minimum absolute atomic E-state index is 0.130. The molecule has 7 nitrogen and oxygen atoms in total. The Bertz CT molecular complexity index is 1360. The van der Waals surface area contributed by atoms with Gasteiger partial charge in [0.2, 0.25) is 0 Å². The van der Waals surface area contributed by atoms with E-state index in [0.29, 0.717) is 21.1 Å². The number of hydrogen-bond donors (Lipinski definition) is 1. The Kier molecular flexibility index (Phi) is 6.03. The summed E-state index contributed by atoms with van der Waals surface area (Å²) in [6.45, 7) is 0.392. The van der Waals surface area contributed by atoms with Gasteiger partial charge in [-0.2, -0.15) is 12.8 Å². The molecule has 2 aromatic heterocycles. The highest BCUT2D eigenvalue weighted by atomic mass is 79.9. The Morgan fingerprint density at radius 1 is 1.16 bits per heavy atom. The highest BCUT2D eigenvalue weighted by Crippen LogP contribution is 2.28. The normalized spacial score (nSPS) is 11.4. The molecule has 0 aliphatic carbocycles. The predicted molar refractivity (Wildman–Crippen MR) is 125 cm³/mol. The van der Waals surface area contributed by atoms with Gasteiger partial charge in [0, 0.05) is 24.3 Å². The van der Waals surface area contributed by atoms with Crippen molar-refractivity contribution in [2.75, 3.05) is 11.8 Å². The van der Waals surface area contributed by atoms with Crippen molar-refractivity contribution >= 4 is 59.2 Å². The SMILES string of the molecule is CN(Cc1ccccc1)C(=O)c1ccc(Br)cc1NS(=O)(=O)c1nccc2sncc12. The van der Waals surface area contributed by atoms with Crippen LogP contribution >= 0.6 is 27.5 Å². The number of pyridine rings is 1. The van der Waals surface area contributed by atoms with Crippen LogP contribution in [0.25, 0.3) is 10.1 Å². The lowest BCUT2D eigenvalue weighted by Crippen LogP contribution is -2.27. The number of amides is 1. The van der Waals surface area contributed by atoms with Gasteiger partial charge in [-0.05, 0) is 41.4 Å². The van der Waals surface area contributed by atoms with Gasteiger partial charge in [0.05, 0.1) is 27.5 Å². The number of sulfonamides is 1. The van der Waals surface area contributed by atoms with Crippen molar-refractivity contribution in [2.24, 2.45) is 0 Å². The number of benzene rings is 2. The van der Waals surface area contributed by atoms with Crippen molar-refractivity contribution in [1.29, 1.82) is 0 Å². The molecule has 4 aromatic rings. The minimum atomic E-state index is -4.05. The molecule has 0 unspecified atom stereocenters. The van der Waals surface area contributed by atoms with Gasteiger partial charge in [0.1, 0.15) is 0 Å². The van der Waals surface area contributed by atoms with Crippen LogP contribution in [-0.2, 0) is 16.6 Å². The molecular formula is C21H17BrN4O3S2. The van der Waals surface area contributed by atoms with E-state index in [4.69, 9.17) is 0 Å². The number of aromatic nitrogens is 2. The van der Waals surface area contributed by atoms with Crippen LogP contribution in [-0.4, -0.2) is 35.6 Å². The van der Waals surface area contributed by atoms with E-state index in [9.17, 15) is 13.2 Å². The number of anilines is 1. The molecule has 1 amide bonds. The van der Waals surface area contributed by atoms with Crippen molar-refractivity contribution in [3.63, 3.8) is 0 Å². The fourth-order valence-electron chi connectivity index (χ4n) is 3.10. The van der Waals surface area contributed by atoms with E-state index < -0.39 is 10.0 Å².